The van der Waals surface area contributed by atoms with E-state index < -0.39 is 5.78 Å². The summed E-state index contributed by atoms with van der Waals surface area (Å²) in [6.45, 7) is 0. The summed E-state index contributed by atoms with van der Waals surface area (Å²) in [5.74, 6) is -1.26. The van der Waals surface area contributed by atoms with E-state index in [1.54, 1.807) is 0 Å². The molecule has 0 aliphatic rings. The van der Waals surface area contributed by atoms with E-state index in [-0.39, 0.29) is 57.1 Å². The fourth-order valence-electron chi connectivity index (χ4n) is 2.87. The van der Waals surface area contributed by atoms with Crippen LogP contribution in [0.4, 0.5) is 0 Å². The van der Waals surface area contributed by atoms with Crippen molar-refractivity contribution in [1.82, 2.24) is 0 Å². The van der Waals surface area contributed by atoms with Gasteiger partial charge in [-0.1, -0.05) is 0 Å². The number of rotatable bonds is 8. The first-order valence-electron chi connectivity index (χ1n) is 7.98. The van der Waals surface area contributed by atoms with E-state index in [9.17, 15) is 15.0 Å². The Morgan fingerprint density at radius 3 is 1.18 bits per heavy atom. The van der Waals surface area contributed by atoms with Crippen LogP contribution < -0.4 is 28.4 Å². The van der Waals surface area contributed by atoms with E-state index >= 15 is 0 Å². The lowest BCUT2D eigenvalue weighted by atomic mass is 9.97. The van der Waals surface area contributed by atoms with E-state index in [0.717, 1.165) is 0 Å². The van der Waals surface area contributed by atoms with Crippen LogP contribution in [0.25, 0.3) is 0 Å². The van der Waals surface area contributed by atoms with Gasteiger partial charge in [0.1, 0.15) is 22.6 Å². The number of carbonyl (C=O) groups is 1. The Labute approximate surface area is 161 Å². The van der Waals surface area contributed by atoms with Gasteiger partial charge in [0.2, 0.25) is 17.3 Å². The highest BCUT2D eigenvalue weighted by molar-refractivity contribution is 6.17. The number of hydrogen-bond acceptors (Lipinski definition) is 9. The van der Waals surface area contributed by atoms with Gasteiger partial charge < -0.3 is 38.6 Å². The van der Waals surface area contributed by atoms with Crippen LogP contribution >= 0.6 is 0 Å². The van der Waals surface area contributed by atoms with Crippen molar-refractivity contribution in [2.24, 2.45) is 0 Å². The van der Waals surface area contributed by atoms with Crippen LogP contribution in [0, 0.1) is 0 Å². The van der Waals surface area contributed by atoms with Crippen LogP contribution in [0.15, 0.2) is 12.1 Å². The molecular formula is C19H22O9. The molecule has 0 aliphatic carbocycles. The lowest BCUT2D eigenvalue weighted by Crippen LogP contribution is -2.11. The van der Waals surface area contributed by atoms with Crippen LogP contribution in [0.1, 0.15) is 15.9 Å². The molecule has 0 amide bonds. The van der Waals surface area contributed by atoms with Crippen molar-refractivity contribution < 1.29 is 43.4 Å². The number of aromatic hydroxyl groups is 2. The van der Waals surface area contributed by atoms with Crippen molar-refractivity contribution in [3.05, 3.63) is 23.3 Å². The molecule has 2 rings (SSSR count). The molecule has 0 heterocycles. The zero-order valence-electron chi connectivity index (χ0n) is 16.4. The van der Waals surface area contributed by atoms with Gasteiger partial charge in [-0.3, -0.25) is 4.79 Å². The third kappa shape index (κ3) is 3.26. The summed E-state index contributed by atoms with van der Waals surface area (Å²) in [6, 6.07) is 2.45. The van der Waals surface area contributed by atoms with E-state index in [1.165, 1.54) is 54.8 Å². The Morgan fingerprint density at radius 1 is 0.607 bits per heavy atom. The van der Waals surface area contributed by atoms with Crippen molar-refractivity contribution >= 4 is 5.78 Å². The SMILES string of the molecule is COc1cc(O)c(OC)c(OC)c1C(=O)c1c(OC)cc(O)c(OC)c1OC. The topological polar surface area (TPSA) is 113 Å². The lowest BCUT2D eigenvalue weighted by Gasteiger charge is -2.20. The second-order valence-electron chi connectivity index (χ2n) is 5.41. The first-order valence-corrected chi connectivity index (χ1v) is 7.98. The van der Waals surface area contributed by atoms with E-state index in [0.29, 0.717) is 0 Å². The number of phenols is 2. The molecule has 0 aromatic heterocycles. The summed E-state index contributed by atoms with van der Waals surface area (Å²) in [5.41, 5.74) is -0.0759. The minimum absolute atomic E-state index is 0.0380. The van der Waals surface area contributed by atoms with Gasteiger partial charge in [0, 0.05) is 12.1 Å². The number of ether oxygens (including phenoxy) is 6. The van der Waals surface area contributed by atoms with E-state index in [1.807, 2.05) is 0 Å². The monoisotopic (exact) mass is 394 g/mol. The Balaban J connectivity index is 2.91. The molecule has 0 radical (unpaired) electrons. The molecule has 2 N–H and O–H groups in total. The first kappa shape index (κ1) is 20.8. The molecule has 0 saturated heterocycles. The molecule has 2 aromatic carbocycles. The van der Waals surface area contributed by atoms with Crippen molar-refractivity contribution in [2.45, 2.75) is 0 Å². The number of carbonyl (C=O) groups excluding carboxylic acids is 1. The number of methoxy groups -OCH3 is 6. The smallest absolute Gasteiger partial charge is 0.208 e. The average Bonchev–Trinajstić information content (AvgIpc) is 2.70. The van der Waals surface area contributed by atoms with E-state index in [2.05, 4.69) is 0 Å². The zero-order chi connectivity index (χ0) is 21.0. The van der Waals surface area contributed by atoms with Gasteiger partial charge in [0.15, 0.2) is 23.0 Å². The molecule has 2 aromatic rings. The van der Waals surface area contributed by atoms with Crippen molar-refractivity contribution in [1.29, 1.82) is 0 Å². The molecule has 0 unspecified atom stereocenters. The van der Waals surface area contributed by atoms with Gasteiger partial charge in [-0.25, -0.2) is 0 Å². The minimum Gasteiger partial charge on any atom is -0.504 e. The fraction of sp³-hybridized carbons (Fsp3) is 0.316. The third-order valence-electron chi connectivity index (χ3n) is 4.07. The zero-order valence-corrected chi connectivity index (χ0v) is 16.4. The van der Waals surface area contributed by atoms with E-state index in [4.69, 9.17) is 28.4 Å². The molecule has 28 heavy (non-hydrogen) atoms. The summed E-state index contributed by atoms with van der Waals surface area (Å²) >= 11 is 0. The standard InChI is InChI=1S/C19H22O9/c1-23-11-7-9(20)16(25-3)18(27-5)13(11)15(22)14-12(24-2)8-10(21)17(26-4)19(14)28-6/h7-8,20-21H,1-6H3. The van der Waals surface area contributed by atoms with Crippen molar-refractivity contribution in [3.63, 3.8) is 0 Å². The largest absolute Gasteiger partial charge is 0.504 e. The van der Waals surface area contributed by atoms with Crippen LogP contribution in [0.2, 0.25) is 0 Å². The van der Waals surface area contributed by atoms with Gasteiger partial charge in [0.25, 0.3) is 0 Å². The molecule has 0 atom stereocenters. The Hall–Kier alpha value is -3.49. The molecule has 0 spiro atoms. The Morgan fingerprint density at radius 2 is 0.929 bits per heavy atom. The van der Waals surface area contributed by atoms with Crippen molar-refractivity contribution in [3.8, 4) is 46.0 Å². The van der Waals surface area contributed by atoms with Gasteiger partial charge in [-0.15, -0.1) is 0 Å². The van der Waals surface area contributed by atoms with Crippen LogP contribution in [0.3, 0.4) is 0 Å². The molecule has 0 aliphatic heterocycles. The highest BCUT2D eigenvalue weighted by atomic mass is 16.5. The molecule has 0 saturated carbocycles. The fourth-order valence-corrected chi connectivity index (χ4v) is 2.87. The van der Waals surface area contributed by atoms with Crippen molar-refractivity contribution in [2.75, 3.05) is 42.7 Å². The summed E-state index contributed by atoms with van der Waals surface area (Å²) in [5, 5.41) is 20.3. The number of hydrogen-bond donors (Lipinski definition) is 2. The predicted molar refractivity (Wildman–Crippen MR) is 99.0 cm³/mol. The molecule has 152 valence electrons. The third-order valence-corrected chi connectivity index (χ3v) is 4.07. The molecular weight excluding hydrogens is 372 g/mol. The summed E-state index contributed by atoms with van der Waals surface area (Å²) < 4.78 is 31.5. The average molecular weight is 394 g/mol. The second kappa shape index (κ2) is 8.47. The Bertz CT molecular complexity index is 818. The number of phenolic OH excluding ortho intramolecular Hbond substituents is 2. The maximum atomic E-state index is 13.5. The molecule has 9 heteroatoms. The highest BCUT2D eigenvalue weighted by Gasteiger charge is 2.33. The van der Waals surface area contributed by atoms with Gasteiger partial charge in [-0.05, 0) is 0 Å². The lowest BCUT2D eigenvalue weighted by molar-refractivity contribution is 0.102. The normalized spacial score (nSPS) is 10.2. The number of benzene rings is 2. The Kier molecular flexibility index (Phi) is 6.29. The van der Waals surface area contributed by atoms with Gasteiger partial charge in [0.05, 0.1) is 42.7 Å². The van der Waals surface area contributed by atoms with Crippen LogP contribution in [-0.2, 0) is 0 Å². The number of ketones is 1. The summed E-state index contributed by atoms with van der Waals surface area (Å²) in [4.78, 5) is 13.5. The summed E-state index contributed by atoms with van der Waals surface area (Å²) in [7, 11) is 7.96. The first-order chi connectivity index (χ1) is 13.4. The van der Waals surface area contributed by atoms with Crippen LogP contribution in [0.5, 0.6) is 46.0 Å². The summed E-state index contributed by atoms with van der Waals surface area (Å²) in [6.07, 6.45) is 0. The maximum Gasteiger partial charge on any atom is 0.208 e. The predicted octanol–water partition coefficient (Wildman–Crippen LogP) is 2.38. The maximum absolute atomic E-state index is 13.5. The molecule has 0 bridgehead atoms. The minimum atomic E-state index is -0.626. The quantitative estimate of drug-likeness (QED) is 0.652. The van der Waals surface area contributed by atoms with Gasteiger partial charge in [-0.2, -0.15) is 0 Å². The van der Waals surface area contributed by atoms with Gasteiger partial charge >= 0.3 is 0 Å². The molecule has 0 fully saturated rings. The second-order valence-corrected chi connectivity index (χ2v) is 5.41. The molecule has 9 nitrogen and oxygen atoms in total. The highest BCUT2D eigenvalue weighted by Crippen LogP contribution is 2.49. The van der Waals surface area contributed by atoms with Crippen LogP contribution in [-0.4, -0.2) is 58.7 Å².